The van der Waals surface area contributed by atoms with E-state index in [0.29, 0.717) is 17.4 Å². The van der Waals surface area contributed by atoms with Gasteiger partial charge in [-0.05, 0) is 65.9 Å². The number of hydrogen-bond donors (Lipinski definition) is 2. The Balaban J connectivity index is 1.66. The highest BCUT2D eigenvalue weighted by Gasteiger charge is 2.08. The molecule has 0 aliphatic rings. The van der Waals surface area contributed by atoms with Gasteiger partial charge in [-0.3, -0.25) is 4.79 Å². The highest BCUT2D eigenvalue weighted by molar-refractivity contribution is 6.02. The molecule has 0 atom stereocenters. The molecular formula is C24H25NO3. The molecule has 0 aliphatic heterocycles. The summed E-state index contributed by atoms with van der Waals surface area (Å²) < 4.78 is 5.58. The van der Waals surface area contributed by atoms with Gasteiger partial charge in [-0.2, -0.15) is 0 Å². The molecule has 0 spiro atoms. The smallest absolute Gasteiger partial charge is 0.248 e. The Kier molecular flexibility index (Phi) is 6.12. The van der Waals surface area contributed by atoms with Crippen LogP contribution in [0.1, 0.15) is 42.2 Å². The van der Waals surface area contributed by atoms with Gasteiger partial charge in [0.2, 0.25) is 5.91 Å². The highest BCUT2D eigenvalue weighted by Crippen LogP contribution is 2.27. The number of nitrogens with one attached hydrogen (secondary N) is 1. The summed E-state index contributed by atoms with van der Waals surface area (Å²) in [4.78, 5) is 12.2. The van der Waals surface area contributed by atoms with Crippen LogP contribution in [0.3, 0.4) is 0 Å². The second kappa shape index (κ2) is 8.72. The number of hydrogen-bond acceptors (Lipinski definition) is 3. The number of aliphatic hydroxyl groups excluding tert-OH is 1. The van der Waals surface area contributed by atoms with Crippen molar-refractivity contribution < 1.29 is 14.3 Å². The van der Waals surface area contributed by atoms with E-state index < -0.39 is 0 Å². The maximum Gasteiger partial charge on any atom is 0.248 e. The van der Waals surface area contributed by atoms with Crippen molar-refractivity contribution in [3.8, 4) is 11.3 Å². The number of aryl methyl sites for hydroxylation is 1. The predicted molar refractivity (Wildman–Crippen MR) is 113 cm³/mol. The maximum atomic E-state index is 12.2. The molecule has 4 heteroatoms. The third kappa shape index (κ3) is 4.78. The fraction of sp³-hybridized carbons (Fsp3) is 0.208. The van der Waals surface area contributed by atoms with Crippen molar-refractivity contribution in [3.05, 3.63) is 83.1 Å². The van der Waals surface area contributed by atoms with Gasteiger partial charge >= 0.3 is 0 Å². The lowest BCUT2D eigenvalue weighted by molar-refractivity contribution is -0.111. The van der Waals surface area contributed by atoms with Crippen molar-refractivity contribution in [2.45, 2.75) is 33.3 Å². The summed E-state index contributed by atoms with van der Waals surface area (Å²) in [5.41, 5.74) is 4.90. The molecule has 1 heterocycles. The van der Waals surface area contributed by atoms with Gasteiger partial charge in [-0.15, -0.1) is 0 Å². The fourth-order valence-corrected chi connectivity index (χ4v) is 2.97. The summed E-state index contributed by atoms with van der Waals surface area (Å²) in [6.07, 6.45) is 3.34. The van der Waals surface area contributed by atoms with Crippen LogP contribution >= 0.6 is 0 Å². The van der Waals surface area contributed by atoms with Crippen LogP contribution in [-0.4, -0.2) is 11.0 Å². The van der Waals surface area contributed by atoms with E-state index in [1.54, 1.807) is 12.1 Å². The van der Waals surface area contributed by atoms with Crippen molar-refractivity contribution in [2.75, 3.05) is 5.32 Å². The molecule has 1 aromatic heterocycles. The zero-order chi connectivity index (χ0) is 20.1. The zero-order valence-corrected chi connectivity index (χ0v) is 16.4. The van der Waals surface area contributed by atoms with E-state index in [4.69, 9.17) is 9.52 Å². The third-order valence-electron chi connectivity index (χ3n) is 4.61. The monoisotopic (exact) mass is 375 g/mol. The maximum absolute atomic E-state index is 12.2. The van der Waals surface area contributed by atoms with Crippen molar-refractivity contribution >= 4 is 17.7 Å². The van der Waals surface area contributed by atoms with E-state index in [1.807, 2.05) is 43.3 Å². The van der Waals surface area contributed by atoms with E-state index >= 15 is 0 Å². The highest BCUT2D eigenvalue weighted by atomic mass is 16.4. The first-order valence-corrected chi connectivity index (χ1v) is 9.36. The molecule has 4 nitrogen and oxygen atoms in total. The van der Waals surface area contributed by atoms with E-state index in [0.717, 1.165) is 22.4 Å². The molecule has 0 saturated carbocycles. The first-order chi connectivity index (χ1) is 13.5. The second-order valence-corrected chi connectivity index (χ2v) is 7.10. The van der Waals surface area contributed by atoms with Gasteiger partial charge in [0, 0.05) is 17.3 Å². The van der Waals surface area contributed by atoms with Gasteiger partial charge in [-0.25, -0.2) is 0 Å². The van der Waals surface area contributed by atoms with Crippen LogP contribution in [-0.2, 0) is 11.4 Å². The summed E-state index contributed by atoms with van der Waals surface area (Å²) in [7, 11) is 0. The van der Waals surface area contributed by atoms with Crippen LogP contribution in [0.4, 0.5) is 5.69 Å². The standard InChI is InChI=1S/C24H25NO3/c1-16(2)19-7-4-18(5-8-19)6-13-24(27)25-20-9-11-22(17(3)14-20)23-12-10-21(15-26)28-23/h4-14,16,26H,15H2,1-3H3,(H,25,27)/b13-6+. The van der Waals surface area contributed by atoms with Crippen LogP contribution in [0.5, 0.6) is 0 Å². The minimum absolute atomic E-state index is 0.125. The van der Waals surface area contributed by atoms with Gasteiger partial charge in [0.05, 0.1) is 0 Å². The normalized spacial score (nSPS) is 11.3. The molecule has 0 bridgehead atoms. The van der Waals surface area contributed by atoms with E-state index in [1.165, 1.54) is 11.6 Å². The van der Waals surface area contributed by atoms with Crippen LogP contribution in [0, 0.1) is 6.92 Å². The quantitative estimate of drug-likeness (QED) is 0.557. The average Bonchev–Trinajstić information content (AvgIpc) is 3.16. The number of carbonyl (C=O) groups is 1. The second-order valence-electron chi connectivity index (χ2n) is 7.10. The molecule has 0 aliphatic carbocycles. The van der Waals surface area contributed by atoms with Gasteiger partial charge in [-0.1, -0.05) is 38.1 Å². The minimum Gasteiger partial charge on any atom is -0.459 e. The Morgan fingerprint density at radius 1 is 1.11 bits per heavy atom. The fourth-order valence-electron chi connectivity index (χ4n) is 2.97. The molecule has 2 N–H and O–H groups in total. The number of amides is 1. The molecule has 0 saturated heterocycles. The molecule has 3 rings (SSSR count). The van der Waals surface area contributed by atoms with Crippen molar-refractivity contribution in [3.63, 3.8) is 0 Å². The largest absolute Gasteiger partial charge is 0.459 e. The summed E-state index contributed by atoms with van der Waals surface area (Å²) in [5, 5.41) is 12.0. The third-order valence-corrected chi connectivity index (χ3v) is 4.61. The summed E-state index contributed by atoms with van der Waals surface area (Å²) in [5.74, 6) is 1.53. The molecule has 2 aromatic carbocycles. The van der Waals surface area contributed by atoms with E-state index in [9.17, 15) is 4.79 Å². The SMILES string of the molecule is Cc1cc(NC(=O)/C=C/c2ccc(C(C)C)cc2)ccc1-c1ccc(CO)o1. The summed E-state index contributed by atoms with van der Waals surface area (Å²) in [6.45, 7) is 6.14. The average molecular weight is 375 g/mol. The number of rotatable bonds is 6. The van der Waals surface area contributed by atoms with Crippen molar-refractivity contribution in [1.29, 1.82) is 0 Å². The van der Waals surface area contributed by atoms with Crippen LogP contribution in [0.15, 0.2) is 65.1 Å². The Labute approximate surface area is 165 Å². The van der Waals surface area contributed by atoms with Crippen LogP contribution < -0.4 is 5.32 Å². The van der Waals surface area contributed by atoms with Crippen LogP contribution in [0.25, 0.3) is 17.4 Å². The number of anilines is 1. The molecule has 0 radical (unpaired) electrons. The van der Waals surface area contributed by atoms with Gasteiger partial charge in [0.25, 0.3) is 0 Å². The number of benzene rings is 2. The minimum atomic E-state index is -0.180. The molecule has 1 amide bonds. The summed E-state index contributed by atoms with van der Waals surface area (Å²) >= 11 is 0. The van der Waals surface area contributed by atoms with Crippen molar-refractivity contribution in [2.24, 2.45) is 0 Å². The molecule has 28 heavy (non-hydrogen) atoms. The van der Waals surface area contributed by atoms with E-state index in [2.05, 4.69) is 31.3 Å². The first kappa shape index (κ1) is 19.6. The lowest BCUT2D eigenvalue weighted by Crippen LogP contribution is -2.07. The molecule has 0 unspecified atom stereocenters. The molecular weight excluding hydrogens is 350 g/mol. The van der Waals surface area contributed by atoms with E-state index in [-0.39, 0.29) is 12.5 Å². The lowest BCUT2D eigenvalue weighted by Gasteiger charge is -2.07. The number of carbonyl (C=O) groups excluding carboxylic acids is 1. The van der Waals surface area contributed by atoms with Gasteiger partial charge in [0.1, 0.15) is 18.1 Å². The lowest BCUT2D eigenvalue weighted by atomic mass is 10.0. The molecule has 144 valence electrons. The number of furan rings is 1. The Bertz CT molecular complexity index is 981. The van der Waals surface area contributed by atoms with Gasteiger partial charge < -0.3 is 14.8 Å². The topological polar surface area (TPSA) is 62.5 Å². The van der Waals surface area contributed by atoms with Gasteiger partial charge in [0.15, 0.2) is 0 Å². The first-order valence-electron chi connectivity index (χ1n) is 9.36. The molecule has 3 aromatic rings. The number of aliphatic hydroxyl groups is 1. The zero-order valence-electron chi connectivity index (χ0n) is 16.4. The Morgan fingerprint density at radius 2 is 1.86 bits per heavy atom. The van der Waals surface area contributed by atoms with Crippen molar-refractivity contribution in [1.82, 2.24) is 0 Å². The Hall–Kier alpha value is -3.11. The molecule has 0 fully saturated rings. The Morgan fingerprint density at radius 3 is 2.46 bits per heavy atom. The summed E-state index contributed by atoms with van der Waals surface area (Å²) in [6, 6.07) is 17.4. The predicted octanol–water partition coefficient (Wildman–Crippen LogP) is 5.52. The van der Waals surface area contributed by atoms with Crippen LogP contribution in [0.2, 0.25) is 0 Å².